The van der Waals surface area contributed by atoms with Gasteiger partial charge in [-0.3, -0.25) is 4.79 Å². The number of nitrogens with zero attached hydrogens (tertiary/aromatic N) is 3. The predicted octanol–water partition coefficient (Wildman–Crippen LogP) is 0.679. The number of hydrogen-bond donors (Lipinski definition) is 2. The monoisotopic (exact) mass is 266 g/mol. The van der Waals surface area contributed by atoms with E-state index in [1.165, 1.54) is 12.8 Å². The quantitative estimate of drug-likeness (QED) is 0.760. The zero-order valence-corrected chi connectivity index (χ0v) is 11.5. The highest BCUT2D eigenvalue weighted by molar-refractivity contribution is 5.75. The van der Waals surface area contributed by atoms with Crippen molar-refractivity contribution >= 4 is 5.91 Å². The smallest absolute Gasteiger partial charge is 0.242 e. The van der Waals surface area contributed by atoms with Gasteiger partial charge in [-0.1, -0.05) is 19.1 Å². The number of carbonyl (C=O) groups excluding carboxylic acids is 1. The Hall–Kier alpha value is -1.43. The molecule has 0 bridgehead atoms. The van der Waals surface area contributed by atoms with Crippen LogP contribution in [0.3, 0.4) is 0 Å². The largest absolute Gasteiger partial charge is 0.394 e. The maximum Gasteiger partial charge on any atom is 0.242 e. The first kappa shape index (κ1) is 14.0. The van der Waals surface area contributed by atoms with Crippen LogP contribution in [0.15, 0.2) is 6.20 Å². The number of amides is 1. The Labute approximate surface area is 113 Å². The highest BCUT2D eigenvalue weighted by atomic mass is 16.3. The molecule has 2 rings (SSSR count). The van der Waals surface area contributed by atoms with Crippen LogP contribution >= 0.6 is 0 Å². The van der Waals surface area contributed by atoms with Crippen LogP contribution in [0.5, 0.6) is 0 Å². The van der Waals surface area contributed by atoms with E-state index in [4.69, 9.17) is 0 Å². The number of nitrogens with one attached hydrogen (secondary N) is 1. The molecule has 0 saturated heterocycles. The molecule has 1 atom stereocenters. The SMILES string of the molecule is CC(C)CC(CO)NC(=O)Cn1cc(C2CC2)nn1. The van der Waals surface area contributed by atoms with E-state index in [9.17, 15) is 9.90 Å². The molecule has 0 spiro atoms. The van der Waals surface area contributed by atoms with Crippen molar-refractivity contribution in [1.82, 2.24) is 20.3 Å². The molecule has 1 aliphatic carbocycles. The molecule has 6 heteroatoms. The second-order valence-electron chi connectivity index (χ2n) is 5.69. The van der Waals surface area contributed by atoms with Crippen LogP contribution in [0, 0.1) is 5.92 Å². The maximum absolute atomic E-state index is 11.8. The van der Waals surface area contributed by atoms with Crippen molar-refractivity contribution in [3.63, 3.8) is 0 Å². The molecule has 1 aromatic heterocycles. The van der Waals surface area contributed by atoms with E-state index < -0.39 is 0 Å². The van der Waals surface area contributed by atoms with Crippen LogP contribution in [0.2, 0.25) is 0 Å². The van der Waals surface area contributed by atoms with Crippen LogP contribution in [0.25, 0.3) is 0 Å². The first-order valence-corrected chi connectivity index (χ1v) is 6.88. The molecule has 1 saturated carbocycles. The minimum Gasteiger partial charge on any atom is -0.394 e. The van der Waals surface area contributed by atoms with Crippen molar-refractivity contribution in [1.29, 1.82) is 0 Å². The summed E-state index contributed by atoms with van der Waals surface area (Å²) in [5.74, 6) is 0.847. The minimum atomic E-state index is -0.182. The average Bonchev–Trinajstić information content (AvgIpc) is 3.09. The van der Waals surface area contributed by atoms with E-state index in [1.54, 1.807) is 4.68 Å². The van der Waals surface area contributed by atoms with E-state index in [1.807, 2.05) is 6.20 Å². The van der Waals surface area contributed by atoms with Crippen molar-refractivity contribution in [3.05, 3.63) is 11.9 Å². The van der Waals surface area contributed by atoms with Crippen LogP contribution in [0.1, 0.15) is 44.7 Å². The zero-order valence-electron chi connectivity index (χ0n) is 11.5. The summed E-state index contributed by atoms with van der Waals surface area (Å²) in [6.07, 6.45) is 4.96. The van der Waals surface area contributed by atoms with Gasteiger partial charge in [0, 0.05) is 12.1 Å². The molecular weight excluding hydrogens is 244 g/mol. The van der Waals surface area contributed by atoms with Gasteiger partial charge in [-0.05, 0) is 25.2 Å². The van der Waals surface area contributed by atoms with Gasteiger partial charge in [0.1, 0.15) is 6.54 Å². The van der Waals surface area contributed by atoms with Crippen LogP contribution in [0.4, 0.5) is 0 Å². The van der Waals surface area contributed by atoms with E-state index >= 15 is 0 Å². The third-order valence-electron chi connectivity index (χ3n) is 3.20. The van der Waals surface area contributed by atoms with Gasteiger partial charge < -0.3 is 10.4 Å². The molecule has 0 aliphatic heterocycles. The van der Waals surface area contributed by atoms with Crippen molar-refractivity contribution in [3.8, 4) is 0 Å². The van der Waals surface area contributed by atoms with E-state index in [-0.39, 0.29) is 25.1 Å². The predicted molar refractivity (Wildman–Crippen MR) is 70.5 cm³/mol. The Bertz CT molecular complexity index is 426. The van der Waals surface area contributed by atoms with Crippen molar-refractivity contribution < 1.29 is 9.90 Å². The summed E-state index contributed by atoms with van der Waals surface area (Å²) in [4.78, 5) is 11.8. The lowest BCUT2D eigenvalue weighted by Crippen LogP contribution is -2.40. The van der Waals surface area contributed by atoms with Gasteiger partial charge in [0.25, 0.3) is 0 Å². The number of rotatable bonds is 7. The van der Waals surface area contributed by atoms with Gasteiger partial charge in [0.2, 0.25) is 5.91 Å². The van der Waals surface area contributed by atoms with Gasteiger partial charge in [-0.2, -0.15) is 0 Å². The normalized spacial score (nSPS) is 16.6. The highest BCUT2D eigenvalue weighted by Crippen LogP contribution is 2.38. The fourth-order valence-electron chi connectivity index (χ4n) is 2.13. The lowest BCUT2D eigenvalue weighted by Gasteiger charge is -2.18. The molecule has 106 valence electrons. The van der Waals surface area contributed by atoms with Crippen LogP contribution in [-0.2, 0) is 11.3 Å². The lowest BCUT2D eigenvalue weighted by molar-refractivity contribution is -0.123. The Morgan fingerprint density at radius 3 is 2.89 bits per heavy atom. The van der Waals surface area contributed by atoms with E-state index in [2.05, 4.69) is 29.5 Å². The first-order chi connectivity index (χ1) is 9.08. The van der Waals surface area contributed by atoms with Crippen molar-refractivity contribution in [2.45, 2.75) is 51.6 Å². The minimum absolute atomic E-state index is 0.0331. The third kappa shape index (κ3) is 4.31. The molecule has 1 aromatic rings. The summed E-state index contributed by atoms with van der Waals surface area (Å²) in [6.45, 7) is 4.26. The molecule has 19 heavy (non-hydrogen) atoms. The Morgan fingerprint density at radius 1 is 1.58 bits per heavy atom. The second-order valence-corrected chi connectivity index (χ2v) is 5.69. The number of aromatic nitrogens is 3. The second kappa shape index (κ2) is 6.14. The molecule has 1 fully saturated rings. The summed E-state index contributed by atoms with van der Waals surface area (Å²) >= 11 is 0. The number of carbonyl (C=O) groups is 1. The molecule has 1 unspecified atom stereocenters. The summed E-state index contributed by atoms with van der Waals surface area (Å²) in [6, 6.07) is -0.182. The summed E-state index contributed by atoms with van der Waals surface area (Å²) in [5, 5.41) is 20.1. The Kier molecular flexibility index (Phi) is 4.52. The highest BCUT2D eigenvalue weighted by Gasteiger charge is 2.26. The molecule has 1 aliphatic rings. The van der Waals surface area contributed by atoms with Gasteiger partial charge in [0.15, 0.2) is 0 Å². The third-order valence-corrected chi connectivity index (χ3v) is 3.20. The fraction of sp³-hybridized carbons (Fsp3) is 0.769. The van der Waals surface area contributed by atoms with Crippen LogP contribution in [-0.4, -0.2) is 38.7 Å². The Morgan fingerprint density at radius 2 is 2.32 bits per heavy atom. The van der Waals surface area contributed by atoms with Gasteiger partial charge in [-0.25, -0.2) is 4.68 Å². The molecule has 1 amide bonds. The van der Waals surface area contributed by atoms with E-state index in [0.717, 1.165) is 12.1 Å². The number of aliphatic hydroxyl groups is 1. The maximum atomic E-state index is 11.8. The molecule has 2 N–H and O–H groups in total. The average molecular weight is 266 g/mol. The van der Waals surface area contributed by atoms with Gasteiger partial charge in [-0.15, -0.1) is 5.10 Å². The molecule has 6 nitrogen and oxygen atoms in total. The topological polar surface area (TPSA) is 80.0 Å². The van der Waals surface area contributed by atoms with Crippen molar-refractivity contribution in [2.75, 3.05) is 6.61 Å². The standard InChI is InChI=1S/C13H22N4O2/c1-9(2)5-11(8-18)14-13(19)7-17-6-12(15-16-17)10-3-4-10/h6,9-11,18H,3-5,7-8H2,1-2H3,(H,14,19). The Balaban J connectivity index is 1.81. The summed E-state index contributed by atoms with van der Waals surface area (Å²) < 4.78 is 1.56. The summed E-state index contributed by atoms with van der Waals surface area (Å²) in [7, 11) is 0. The molecule has 1 heterocycles. The van der Waals surface area contributed by atoms with E-state index in [0.29, 0.717) is 11.8 Å². The summed E-state index contributed by atoms with van der Waals surface area (Å²) in [5.41, 5.74) is 0.980. The molecule has 0 aromatic carbocycles. The first-order valence-electron chi connectivity index (χ1n) is 6.88. The van der Waals surface area contributed by atoms with Gasteiger partial charge in [0.05, 0.1) is 18.3 Å². The molecular formula is C13H22N4O2. The van der Waals surface area contributed by atoms with Crippen molar-refractivity contribution in [2.24, 2.45) is 5.92 Å². The number of hydrogen-bond acceptors (Lipinski definition) is 4. The molecule has 0 radical (unpaired) electrons. The van der Waals surface area contributed by atoms with Gasteiger partial charge >= 0.3 is 0 Å². The fourth-order valence-corrected chi connectivity index (χ4v) is 2.13. The number of aliphatic hydroxyl groups excluding tert-OH is 1. The van der Waals surface area contributed by atoms with Crippen LogP contribution < -0.4 is 5.32 Å². The lowest BCUT2D eigenvalue weighted by atomic mass is 10.0. The zero-order chi connectivity index (χ0) is 13.8.